The molecule has 1 aliphatic heterocycles. The molecule has 0 bridgehead atoms. The standard InChI is InChI=1S/C12H26N2/c1-4-5-6-8-14-9-7-12(13-3)11(2)10-14/h11-13H,4-10H2,1-3H3. The first-order valence-electron chi connectivity index (χ1n) is 6.17. The third-order valence-corrected chi connectivity index (χ3v) is 3.44. The molecule has 0 aromatic heterocycles. The normalized spacial score (nSPS) is 29.4. The maximum atomic E-state index is 3.41. The molecular weight excluding hydrogens is 172 g/mol. The van der Waals surface area contributed by atoms with E-state index in [4.69, 9.17) is 0 Å². The summed E-state index contributed by atoms with van der Waals surface area (Å²) in [5, 5.41) is 3.41. The summed E-state index contributed by atoms with van der Waals surface area (Å²) in [5.74, 6) is 0.815. The van der Waals surface area contributed by atoms with E-state index in [2.05, 4.69) is 31.1 Å². The van der Waals surface area contributed by atoms with Crippen molar-refractivity contribution >= 4 is 0 Å². The zero-order chi connectivity index (χ0) is 10.4. The number of rotatable bonds is 5. The number of hydrogen-bond acceptors (Lipinski definition) is 2. The highest BCUT2D eigenvalue weighted by molar-refractivity contribution is 4.81. The molecule has 2 atom stereocenters. The van der Waals surface area contributed by atoms with E-state index in [9.17, 15) is 0 Å². The summed E-state index contributed by atoms with van der Waals surface area (Å²) in [6.45, 7) is 8.53. The van der Waals surface area contributed by atoms with Crippen LogP contribution in [0.25, 0.3) is 0 Å². The lowest BCUT2D eigenvalue weighted by Crippen LogP contribution is -2.47. The molecule has 0 aromatic carbocycles. The minimum absolute atomic E-state index is 0.748. The Hall–Kier alpha value is -0.0800. The van der Waals surface area contributed by atoms with Crippen molar-refractivity contribution in [1.82, 2.24) is 10.2 Å². The predicted octanol–water partition coefficient (Wildman–Crippen LogP) is 2.11. The summed E-state index contributed by atoms with van der Waals surface area (Å²) in [6.07, 6.45) is 5.43. The van der Waals surface area contributed by atoms with E-state index in [0.29, 0.717) is 0 Å². The maximum absolute atomic E-state index is 3.41. The molecule has 2 heteroatoms. The van der Waals surface area contributed by atoms with Crippen molar-refractivity contribution < 1.29 is 0 Å². The van der Waals surface area contributed by atoms with Crippen LogP contribution in [0.5, 0.6) is 0 Å². The average Bonchev–Trinajstić information content (AvgIpc) is 2.18. The second-order valence-corrected chi connectivity index (χ2v) is 4.67. The Morgan fingerprint density at radius 1 is 1.36 bits per heavy atom. The number of hydrogen-bond donors (Lipinski definition) is 1. The quantitative estimate of drug-likeness (QED) is 0.681. The number of unbranched alkanes of at least 4 members (excludes halogenated alkanes) is 2. The molecule has 1 N–H and O–H groups in total. The zero-order valence-electron chi connectivity index (χ0n) is 10.1. The molecule has 84 valence electrons. The fraction of sp³-hybridized carbons (Fsp3) is 1.00. The molecule has 14 heavy (non-hydrogen) atoms. The largest absolute Gasteiger partial charge is 0.317 e. The second-order valence-electron chi connectivity index (χ2n) is 4.67. The molecule has 1 heterocycles. The lowest BCUT2D eigenvalue weighted by Gasteiger charge is -2.36. The van der Waals surface area contributed by atoms with Gasteiger partial charge in [0.05, 0.1) is 0 Å². The summed E-state index contributed by atoms with van der Waals surface area (Å²) >= 11 is 0. The zero-order valence-corrected chi connectivity index (χ0v) is 10.1. The summed E-state index contributed by atoms with van der Waals surface area (Å²) in [6, 6.07) is 0.748. The molecule has 2 nitrogen and oxygen atoms in total. The molecule has 0 aromatic rings. The van der Waals surface area contributed by atoms with Crippen LogP contribution in [0.2, 0.25) is 0 Å². The van der Waals surface area contributed by atoms with Gasteiger partial charge in [0.1, 0.15) is 0 Å². The van der Waals surface area contributed by atoms with Gasteiger partial charge in [-0.15, -0.1) is 0 Å². The monoisotopic (exact) mass is 198 g/mol. The summed E-state index contributed by atoms with van der Waals surface area (Å²) in [4.78, 5) is 2.63. The van der Waals surface area contributed by atoms with Crippen molar-refractivity contribution in [2.75, 3.05) is 26.7 Å². The molecule has 0 radical (unpaired) electrons. The van der Waals surface area contributed by atoms with Crippen LogP contribution in [-0.4, -0.2) is 37.6 Å². The minimum Gasteiger partial charge on any atom is -0.317 e. The Morgan fingerprint density at radius 3 is 2.71 bits per heavy atom. The van der Waals surface area contributed by atoms with Gasteiger partial charge < -0.3 is 10.2 Å². The molecule has 1 fully saturated rings. The smallest absolute Gasteiger partial charge is 0.0114 e. The van der Waals surface area contributed by atoms with Crippen LogP contribution < -0.4 is 5.32 Å². The van der Waals surface area contributed by atoms with Gasteiger partial charge in [0, 0.05) is 12.6 Å². The molecule has 1 aliphatic rings. The van der Waals surface area contributed by atoms with Gasteiger partial charge in [-0.2, -0.15) is 0 Å². The van der Waals surface area contributed by atoms with E-state index < -0.39 is 0 Å². The minimum atomic E-state index is 0.748. The predicted molar refractivity (Wildman–Crippen MR) is 62.6 cm³/mol. The van der Waals surface area contributed by atoms with Gasteiger partial charge in [-0.05, 0) is 38.9 Å². The van der Waals surface area contributed by atoms with Crippen molar-refractivity contribution in [3.05, 3.63) is 0 Å². The van der Waals surface area contributed by atoms with E-state index in [1.54, 1.807) is 0 Å². The van der Waals surface area contributed by atoms with E-state index in [1.807, 2.05) is 0 Å². The van der Waals surface area contributed by atoms with Crippen LogP contribution in [0.3, 0.4) is 0 Å². The van der Waals surface area contributed by atoms with Gasteiger partial charge >= 0.3 is 0 Å². The Labute approximate surface area is 89.1 Å². The lowest BCUT2D eigenvalue weighted by atomic mass is 9.94. The van der Waals surface area contributed by atoms with Crippen molar-refractivity contribution in [3.8, 4) is 0 Å². The Kier molecular flexibility index (Phi) is 5.49. The first kappa shape index (κ1) is 12.0. The highest BCUT2D eigenvalue weighted by Crippen LogP contribution is 2.16. The van der Waals surface area contributed by atoms with Crippen molar-refractivity contribution in [1.29, 1.82) is 0 Å². The van der Waals surface area contributed by atoms with Gasteiger partial charge in [0.25, 0.3) is 0 Å². The van der Waals surface area contributed by atoms with Crippen molar-refractivity contribution in [2.45, 2.75) is 45.6 Å². The first-order valence-corrected chi connectivity index (χ1v) is 6.17. The lowest BCUT2D eigenvalue weighted by molar-refractivity contribution is 0.149. The molecule has 1 rings (SSSR count). The van der Waals surface area contributed by atoms with Crippen molar-refractivity contribution in [3.63, 3.8) is 0 Å². The maximum Gasteiger partial charge on any atom is 0.0114 e. The SMILES string of the molecule is CCCCCN1CCC(NC)C(C)C1. The molecule has 0 spiro atoms. The molecular formula is C12H26N2. The number of piperidine rings is 1. The van der Waals surface area contributed by atoms with E-state index in [0.717, 1.165) is 12.0 Å². The fourth-order valence-corrected chi connectivity index (χ4v) is 2.45. The van der Waals surface area contributed by atoms with Gasteiger partial charge in [-0.25, -0.2) is 0 Å². The van der Waals surface area contributed by atoms with Crippen LogP contribution in [0.15, 0.2) is 0 Å². The summed E-state index contributed by atoms with van der Waals surface area (Å²) < 4.78 is 0. The number of nitrogens with one attached hydrogen (secondary N) is 1. The van der Waals surface area contributed by atoms with E-state index in [1.165, 1.54) is 45.3 Å². The summed E-state index contributed by atoms with van der Waals surface area (Å²) in [5.41, 5.74) is 0. The average molecular weight is 198 g/mol. The van der Waals surface area contributed by atoms with Gasteiger partial charge in [-0.1, -0.05) is 26.7 Å². The van der Waals surface area contributed by atoms with Crippen LogP contribution in [0.4, 0.5) is 0 Å². The van der Waals surface area contributed by atoms with Crippen LogP contribution in [-0.2, 0) is 0 Å². The third kappa shape index (κ3) is 3.58. The molecule has 1 saturated heterocycles. The Balaban J connectivity index is 2.18. The van der Waals surface area contributed by atoms with Gasteiger partial charge in [0.2, 0.25) is 0 Å². The topological polar surface area (TPSA) is 15.3 Å². The van der Waals surface area contributed by atoms with Gasteiger partial charge in [0.15, 0.2) is 0 Å². The van der Waals surface area contributed by atoms with Crippen LogP contribution in [0, 0.1) is 5.92 Å². The summed E-state index contributed by atoms with van der Waals surface area (Å²) in [7, 11) is 2.09. The number of nitrogens with zero attached hydrogens (tertiary/aromatic N) is 1. The third-order valence-electron chi connectivity index (χ3n) is 3.44. The second kappa shape index (κ2) is 6.41. The molecule has 0 amide bonds. The first-order chi connectivity index (χ1) is 6.77. The molecule has 0 saturated carbocycles. The highest BCUT2D eigenvalue weighted by Gasteiger charge is 2.23. The van der Waals surface area contributed by atoms with E-state index in [-0.39, 0.29) is 0 Å². The van der Waals surface area contributed by atoms with Crippen LogP contribution in [0.1, 0.15) is 39.5 Å². The fourth-order valence-electron chi connectivity index (χ4n) is 2.45. The van der Waals surface area contributed by atoms with Crippen LogP contribution >= 0.6 is 0 Å². The van der Waals surface area contributed by atoms with Gasteiger partial charge in [-0.3, -0.25) is 0 Å². The Morgan fingerprint density at radius 2 is 2.14 bits per heavy atom. The Bertz CT molecular complexity index is 145. The highest BCUT2D eigenvalue weighted by atomic mass is 15.1. The molecule has 0 aliphatic carbocycles. The van der Waals surface area contributed by atoms with Crippen molar-refractivity contribution in [2.24, 2.45) is 5.92 Å². The molecule has 2 unspecified atom stereocenters. The number of likely N-dealkylation sites (tertiary alicyclic amines) is 1. The van der Waals surface area contributed by atoms with E-state index >= 15 is 0 Å².